The van der Waals surface area contributed by atoms with Crippen molar-refractivity contribution in [3.63, 3.8) is 0 Å². The first-order chi connectivity index (χ1) is 12.6. The number of rotatable bonds is 5. The second kappa shape index (κ2) is 8.57. The highest BCUT2D eigenvalue weighted by Gasteiger charge is 2.25. The number of nitrogens with zero attached hydrogens (tertiary/aromatic N) is 3. The number of oxime groups is 1. The Kier molecular flexibility index (Phi) is 5.96. The third-order valence-electron chi connectivity index (χ3n) is 4.01. The van der Waals surface area contributed by atoms with Crippen molar-refractivity contribution in [3.05, 3.63) is 58.0 Å². The van der Waals surface area contributed by atoms with E-state index in [1.807, 2.05) is 11.4 Å². The van der Waals surface area contributed by atoms with E-state index in [9.17, 15) is 14.0 Å². The van der Waals surface area contributed by atoms with E-state index in [-0.39, 0.29) is 18.4 Å². The Morgan fingerprint density at radius 1 is 1.12 bits per heavy atom. The summed E-state index contributed by atoms with van der Waals surface area (Å²) >= 11 is 1.41. The van der Waals surface area contributed by atoms with Gasteiger partial charge in [0.2, 0.25) is 0 Å². The standard InChI is InChI=1S/C18H18FN3O3S/c19-15-5-2-1-4-14(15)12-20-25-13-17(23)21-7-9-22(10-8-21)18(24)16-6-3-11-26-16/h1-6,11-12H,7-10,13H2/b20-12-. The molecule has 3 rings (SSSR count). The van der Waals surface area contributed by atoms with Gasteiger partial charge in [-0.05, 0) is 17.5 Å². The maximum absolute atomic E-state index is 13.4. The van der Waals surface area contributed by atoms with Crippen LogP contribution in [0.15, 0.2) is 46.9 Å². The molecule has 8 heteroatoms. The van der Waals surface area contributed by atoms with Crippen LogP contribution in [0.3, 0.4) is 0 Å². The Hall–Kier alpha value is -2.74. The highest BCUT2D eigenvalue weighted by molar-refractivity contribution is 7.12. The Balaban J connectivity index is 1.42. The molecule has 26 heavy (non-hydrogen) atoms. The molecule has 1 fully saturated rings. The number of piperazine rings is 1. The van der Waals surface area contributed by atoms with Gasteiger partial charge in [0.05, 0.1) is 11.1 Å². The summed E-state index contributed by atoms with van der Waals surface area (Å²) in [7, 11) is 0. The molecule has 0 radical (unpaired) electrons. The first-order valence-corrected chi connectivity index (χ1v) is 9.03. The van der Waals surface area contributed by atoms with E-state index in [1.54, 1.807) is 34.1 Å². The second-order valence-electron chi connectivity index (χ2n) is 5.68. The smallest absolute Gasteiger partial charge is 0.264 e. The summed E-state index contributed by atoms with van der Waals surface area (Å²) in [6, 6.07) is 9.80. The third kappa shape index (κ3) is 4.45. The van der Waals surface area contributed by atoms with Crippen LogP contribution < -0.4 is 0 Å². The van der Waals surface area contributed by atoms with Gasteiger partial charge in [-0.2, -0.15) is 0 Å². The fraction of sp³-hybridized carbons (Fsp3) is 0.278. The van der Waals surface area contributed by atoms with Crippen molar-refractivity contribution < 1.29 is 18.8 Å². The summed E-state index contributed by atoms with van der Waals surface area (Å²) in [5.41, 5.74) is 0.292. The SMILES string of the molecule is O=C(CO/N=C\c1ccccc1F)N1CCN(C(=O)c2cccs2)CC1. The van der Waals surface area contributed by atoms with E-state index in [0.717, 1.165) is 0 Å². The van der Waals surface area contributed by atoms with Crippen LogP contribution in [0.25, 0.3) is 0 Å². The van der Waals surface area contributed by atoms with Gasteiger partial charge < -0.3 is 14.6 Å². The van der Waals surface area contributed by atoms with Gasteiger partial charge in [-0.1, -0.05) is 29.4 Å². The minimum atomic E-state index is -0.405. The number of hydrogen-bond donors (Lipinski definition) is 0. The van der Waals surface area contributed by atoms with Crippen LogP contribution >= 0.6 is 11.3 Å². The third-order valence-corrected chi connectivity index (χ3v) is 4.87. The van der Waals surface area contributed by atoms with Crippen molar-refractivity contribution in [1.29, 1.82) is 0 Å². The van der Waals surface area contributed by atoms with Crippen LogP contribution in [-0.4, -0.2) is 60.6 Å². The molecule has 136 valence electrons. The Labute approximate surface area is 154 Å². The summed E-state index contributed by atoms with van der Waals surface area (Å²) < 4.78 is 13.4. The zero-order valence-corrected chi connectivity index (χ0v) is 14.8. The average Bonchev–Trinajstić information content (AvgIpc) is 3.20. The first kappa shape index (κ1) is 18.1. The number of benzene rings is 1. The molecule has 1 aromatic heterocycles. The lowest BCUT2D eigenvalue weighted by Gasteiger charge is -2.34. The quantitative estimate of drug-likeness (QED) is 0.595. The Bertz CT molecular complexity index is 787. The molecule has 2 heterocycles. The molecule has 0 aliphatic carbocycles. The number of carbonyl (C=O) groups excluding carboxylic acids is 2. The number of halogens is 1. The predicted molar refractivity (Wildman–Crippen MR) is 96.7 cm³/mol. The number of amides is 2. The van der Waals surface area contributed by atoms with Crippen LogP contribution in [0.1, 0.15) is 15.2 Å². The van der Waals surface area contributed by atoms with E-state index in [2.05, 4.69) is 5.16 Å². The molecule has 0 bridgehead atoms. The molecule has 1 aliphatic heterocycles. The van der Waals surface area contributed by atoms with E-state index in [1.165, 1.54) is 23.6 Å². The summed E-state index contributed by atoms with van der Waals surface area (Å²) in [6.45, 7) is 1.67. The molecule has 0 saturated carbocycles. The number of carbonyl (C=O) groups is 2. The lowest BCUT2D eigenvalue weighted by molar-refractivity contribution is -0.137. The highest BCUT2D eigenvalue weighted by Crippen LogP contribution is 2.14. The van der Waals surface area contributed by atoms with Crippen molar-refractivity contribution in [2.45, 2.75) is 0 Å². The largest absolute Gasteiger partial charge is 0.386 e. The predicted octanol–water partition coefficient (Wildman–Crippen LogP) is 2.22. The normalized spacial score (nSPS) is 14.7. The van der Waals surface area contributed by atoms with Gasteiger partial charge >= 0.3 is 0 Å². The fourth-order valence-electron chi connectivity index (χ4n) is 2.57. The topological polar surface area (TPSA) is 62.2 Å². The van der Waals surface area contributed by atoms with Crippen LogP contribution in [0.5, 0.6) is 0 Å². The van der Waals surface area contributed by atoms with E-state index in [4.69, 9.17) is 4.84 Å². The van der Waals surface area contributed by atoms with E-state index >= 15 is 0 Å². The summed E-state index contributed by atoms with van der Waals surface area (Å²) in [4.78, 5) is 33.5. The van der Waals surface area contributed by atoms with Crippen LogP contribution in [0.2, 0.25) is 0 Å². The fourth-order valence-corrected chi connectivity index (χ4v) is 3.26. The summed E-state index contributed by atoms with van der Waals surface area (Å²) in [5.74, 6) is -0.616. The molecular formula is C18H18FN3O3S. The minimum Gasteiger partial charge on any atom is -0.386 e. The Morgan fingerprint density at radius 3 is 2.54 bits per heavy atom. The lowest BCUT2D eigenvalue weighted by Crippen LogP contribution is -2.51. The second-order valence-corrected chi connectivity index (χ2v) is 6.63. The van der Waals surface area contributed by atoms with Gasteiger partial charge in [0, 0.05) is 31.7 Å². The van der Waals surface area contributed by atoms with Crippen LogP contribution in [0.4, 0.5) is 4.39 Å². The first-order valence-electron chi connectivity index (χ1n) is 8.15. The van der Waals surface area contributed by atoms with Crippen molar-refractivity contribution in [1.82, 2.24) is 9.80 Å². The minimum absolute atomic E-state index is 0.00200. The Morgan fingerprint density at radius 2 is 1.85 bits per heavy atom. The molecule has 0 unspecified atom stereocenters. The molecule has 2 aromatic rings. The molecule has 2 amide bonds. The molecule has 0 N–H and O–H groups in total. The average molecular weight is 375 g/mol. The number of hydrogen-bond acceptors (Lipinski definition) is 5. The molecule has 1 aliphatic rings. The van der Waals surface area contributed by atoms with Crippen LogP contribution in [-0.2, 0) is 9.63 Å². The van der Waals surface area contributed by atoms with Crippen LogP contribution in [0, 0.1) is 5.82 Å². The van der Waals surface area contributed by atoms with E-state index < -0.39 is 5.82 Å². The molecule has 0 atom stereocenters. The molecule has 1 aromatic carbocycles. The highest BCUT2D eigenvalue weighted by atomic mass is 32.1. The van der Waals surface area contributed by atoms with Gasteiger partial charge in [-0.15, -0.1) is 11.3 Å². The van der Waals surface area contributed by atoms with Gasteiger partial charge in [-0.3, -0.25) is 9.59 Å². The number of thiophene rings is 1. The molecule has 6 nitrogen and oxygen atoms in total. The van der Waals surface area contributed by atoms with Crippen molar-refractivity contribution in [3.8, 4) is 0 Å². The monoisotopic (exact) mass is 375 g/mol. The zero-order chi connectivity index (χ0) is 18.4. The van der Waals surface area contributed by atoms with Gasteiger partial charge in [0.1, 0.15) is 5.82 Å². The van der Waals surface area contributed by atoms with Gasteiger partial charge in [0.15, 0.2) is 6.61 Å². The van der Waals surface area contributed by atoms with Gasteiger partial charge in [0.25, 0.3) is 11.8 Å². The maximum atomic E-state index is 13.4. The molecule has 0 spiro atoms. The summed E-state index contributed by atoms with van der Waals surface area (Å²) in [6.07, 6.45) is 1.24. The van der Waals surface area contributed by atoms with Crippen molar-refractivity contribution in [2.24, 2.45) is 5.16 Å². The van der Waals surface area contributed by atoms with Crippen molar-refractivity contribution in [2.75, 3.05) is 32.8 Å². The maximum Gasteiger partial charge on any atom is 0.264 e. The summed E-state index contributed by atoms with van der Waals surface area (Å²) in [5, 5.41) is 5.51. The van der Waals surface area contributed by atoms with Gasteiger partial charge in [-0.25, -0.2) is 4.39 Å². The van der Waals surface area contributed by atoms with E-state index in [0.29, 0.717) is 36.6 Å². The van der Waals surface area contributed by atoms with Crippen molar-refractivity contribution >= 4 is 29.4 Å². The zero-order valence-electron chi connectivity index (χ0n) is 14.0. The molecular weight excluding hydrogens is 357 g/mol. The lowest BCUT2D eigenvalue weighted by atomic mass is 10.2. The molecule has 1 saturated heterocycles.